The molecule has 0 aliphatic heterocycles. The van der Waals surface area contributed by atoms with E-state index in [1.807, 2.05) is 0 Å². The molecule has 156 valence electrons. The van der Waals surface area contributed by atoms with Gasteiger partial charge in [-0.15, -0.1) is 0 Å². The molecule has 10 heteroatoms. The maximum atomic E-state index is 12.6. The van der Waals surface area contributed by atoms with Crippen molar-refractivity contribution in [2.45, 2.75) is 51.0 Å². The fourth-order valence-corrected chi connectivity index (χ4v) is 2.82. The van der Waals surface area contributed by atoms with Crippen LogP contribution >= 0.6 is 0 Å². The second kappa shape index (κ2) is 10.5. The van der Waals surface area contributed by atoms with E-state index in [1.165, 1.54) is 37.8 Å². The first-order valence-corrected chi connectivity index (χ1v) is 9.84. The lowest BCUT2D eigenvalue weighted by atomic mass is 10.2. The molecular formula is C18H20F5NO3S. The van der Waals surface area contributed by atoms with Crippen molar-refractivity contribution in [1.82, 2.24) is 0 Å². The molecule has 0 N–H and O–H groups in total. The highest BCUT2D eigenvalue weighted by molar-refractivity contribution is 7.85. The molecule has 1 heterocycles. The largest absolute Gasteiger partial charge is 0.744 e. The van der Waals surface area contributed by atoms with Crippen molar-refractivity contribution in [2.24, 2.45) is 0 Å². The zero-order valence-electron chi connectivity index (χ0n) is 15.3. The van der Waals surface area contributed by atoms with Gasteiger partial charge < -0.3 is 4.55 Å². The number of hydrogen-bond acceptors (Lipinski definition) is 3. The van der Waals surface area contributed by atoms with Crippen molar-refractivity contribution in [3.8, 4) is 0 Å². The molecule has 0 bridgehead atoms. The van der Waals surface area contributed by atoms with Crippen LogP contribution in [0.15, 0.2) is 29.4 Å². The highest BCUT2D eigenvalue weighted by Crippen LogP contribution is 2.26. The van der Waals surface area contributed by atoms with Gasteiger partial charge in [0.2, 0.25) is 5.82 Å². The lowest BCUT2D eigenvalue weighted by Gasteiger charge is -2.10. The highest BCUT2D eigenvalue weighted by atomic mass is 32.2. The minimum atomic E-state index is -5.77. The van der Waals surface area contributed by atoms with Crippen LogP contribution in [-0.2, 0) is 16.7 Å². The van der Waals surface area contributed by atoms with Crippen molar-refractivity contribution in [1.29, 1.82) is 0 Å². The molecule has 4 nitrogen and oxygen atoms in total. The van der Waals surface area contributed by atoms with Crippen LogP contribution in [-0.4, -0.2) is 13.0 Å². The molecule has 0 saturated carbocycles. The van der Waals surface area contributed by atoms with E-state index in [1.54, 1.807) is 0 Å². The van der Waals surface area contributed by atoms with Crippen LogP contribution in [0.1, 0.15) is 38.2 Å². The summed E-state index contributed by atoms with van der Waals surface area (Å²) < 4.78 is 95.2. The van der Waals surface area contributed by atoms with Crippen LogP contribution < -0.4 is 4.57 Å². The van der Waals surface area contributed by atoms with Crippen LogP contribution in [0.3, 0.4) is 0 Å². The van der Waals surface area contributed by atoms with E-state index in [2.05, 4.69) is 42.9 Å². The van der Waals surface area contributed by atoms with Crippen molar-refractivity contribution < 1.29 is 39.5 Å². The predicted molar refractivity (Wildman–Crippen MR) is 89.7 cm³/mol. The highest BCUT2D eigenvalue weighted by Gasteiger charge is 2.28. The molecule has 0 spiro atoms. The number of halogens is 5. The summed E-state index contributed by atoms with van der Waals surface area (Å²) >= 11 is 0. The fourth-order valence-electron chi connectivity index (χ4n) is 2.21. The van der Waals surface area contributed by atoms with Crippen LogP contribution in [0.25, 0.3) is 0 Å². The SMILES string of the molecule is CCCCCC[n+]1ccc(C)cc1.O=S(=O)([O-])c1c(F)c(F)c(F)c(F)c1F. The summed E-state index contributed by atoms with van der Waals surface area (Å²) in [5.74, 6) is -12.8. The number of rotatable bonds is 6. The summed E-state index contributed by atoms with van der Waals surface area (Å²) in [5, 5.41) is 0. The minimum absolute atomic E-state index is 1.17. The van der Waals surface area contributed by atoms with Crippen molar-refractivity contribution in [3.05, 3.63) is 59.2 Å². The maximum absolute atomic E-state index is 12.6. The average molecular weight is 425 g/mol. The second-order valence-corrected chi connectivity index (χ2v) is 7.34. The number of hydrogen-bond donors (Lipinski definition) is 0. The molecule has 0 saturated heterocycles. The van der Waals surface area contributed by atoms with Gasteiger partial charge in [-0.1, -0.05) is 19.8 Å². The smallest absolute Gasteiger partial charge is 0.200 e. The Balaban J connectivity index is 0.000000283. The Kier molecular flexibility index (Phi) is 8.96. The van der Waals surface area contributed by atoms with Gasteiger partial charge >= 0.3 is 0 Å². The van der Waals surface area contributed by atoms with Crippen molar-refractivity contribution >= 4 is 10.1 Å². The summed E-state index contributed by atoms with van der Waals surface area (Å²) in [6.07, 6.45) is 9.69. The van der Waals surface area contributed by atoms with E-state index in [0.717, 1.165) is 0 Å². The molecule has 0 unspecified atom stereocenters. The summed E-state index contributed by atoms with van der Waals surface area (Å²) in [5.41, 5.74) is 1.34. The minimum Gasteiger partial charge on any atom is -0.744 e. The lowest BCUT2D eigenvalue weighted by molar-refractivity contribution is -0.697. The maximum Gasteiger partial charge on any atom is 0.200 e. The first-order valence-electron chi connectivity index (χ1n) is 8.43. The van der Waals surface area contributed by atoms with Gasteiger partial charge in [0.05, 0.1) is 0 Å². The zero-order valence-corrected chi connectivity index (χ0v) is 16.1. The van der Waals surface area contributed by atoms with E-state index in [4.69, 9.17) is 0 Å². The van der Waals surface area contributed by atoms with Gasteiger partial charge in [-0.2, -0.15) is 0 Å². The Hall–Kier alpha value is -2.07. The molecule has 1 aromatic carbocycles. The molecule has 0 atom stereocenters. The molecule has 2 rings (SSSR count). The number of aromatic nitrogens is 1. The zero-order chi connectivity index (χ0) is 21.5. The number of aryl methyl sites for hydroxylation is 2. The third-order valence-corrected chi connectivity index (χ3v) is 4.61. The fraction of sp³-hybridized carbons (Fsp3) is 0.389. The molecule has 1 aromatic heterocycles. The van der Waals surface area contributed by atoms with Gasteiger partial charge in [0.25, 0.3) is 0 Å². The molecule has 28 heavy (non-hydrogen) atoms. The summed E-state index contributed by atoms with van der Waals surface area (Å²) in [7, 11) is -5.77. The predicted octanol–water partition coefficient (Wildman–Crippen LogP) is 4.15. The molecule has 2 aromatic rings. The summed E-state index contributed by atoms with van der Waals surface area (Å²) in [6, 6.07) is 4.33. The summed E-state index contributed by atoms with van der Waals surface area (Å²) in [6.45, 7) is 5.54. The first-order chi connectivity index (χ1) is 13.0. The van der Waals surface area contributed by atoms with Crippen molar-refractivity contribution in [2.75, 3.05) is 0 Å². The molecule has 0 radical (unpaired) electrons. The monoisotopic (exact) mass is 425 g/mol. The number of benzene rings is 1. The number of unbranched alkanes of at least 4 members (excludes halogenated alkanes) is 3. The van der Waals surface area contributed by atoms with Crippen LogP contribution in [0, 0.1) is 36.0 Å². The third kappa shape index (κ3) is 6.52. The Morgan fingerprint density at radius 2 is 1.32 bits per heavy atom. The van der Waals surface area contributed by atoms with E-state index < -0.39 is 44.1 Å². The normalized spacial score (nSPS) is 11.1. The van der Waals surface area contributed by atoms with E-state index in [0.29, 0.717) is 0 Å². The second-order valence-electron chi connectivity index (χ2n) is 6.03. The average Bonchev–Trinajstić information content (AvgIpc) is 2.63. The van der Waals surface area contributed by atoms with Crippen LogP contribution in [0.5, 0.6) is 0 Å². The van der Waals surface area contributed by atoms with Crippen LogP contribution in [0.2, 0.25) is 0 Å². The van der Waals surface area contributed by atoms with Crippen LogP contribution in [0.4, 0.5) is 22.0 Å². The topological polar surface area (TPSA) is 61.1 Å². The lowest BCUT2D eigenvalue weighted by Crippen LogP contribution is -2.32. The Bertz CT molecular complexity index is 873. The third-order valence-electron chi connectivity index (χ3n) is 3.75. The molecule has 0 amide bonds. The molecule has 0 aliphatic carbocycles. The standard InChI is InChI=1S/C12H20N.C6HF5O3S/c1-3-4-5-6-9-13-10-7-12(2)8-11-13;7-1-2(8)4(10)6(15(12,13)14)5(11)3(1)9/h7-8,10-11H,3-6,9H2,1-2H3;(H,12,13,14)/q+1;/p-1. The van der Waals surface area contributed by atoms with Gasteiger partial charge in [-0.3, -0.25) is 0 Å². The quantitative estimate of drug-likeness (QED) is 0.174. The van der Waals surface area contributed by atoms with Gasteiger partial charge in [0, 0.05) is 18.6 Å². The molecule has 0 aliphatic rings. The van der Waals surface area contributed by atoms with E-state index in [-0.39, 0.29) is 0 Å². The first kappa shape index (κ1) is 24.0. The Morgan fingerprint density at radius 1 is 0.857 bits per heavy atom. The van der Waals surface area contributed by atoms with Gasteiger partial charge in [-0.25, -0.2) is 34.9 Å². The number of nitrogens with zero attached hydrogens (tertiary/aromatic N) is 1. The van der Waals surface area contributed by atoms with Gasteiger partial charge in [0.1, 0.15) is 21.6 Å². The Morgan fingerprint density at radius 3 is 1.75 bits per heavy atom. The van der Waals surface area contributed by atoms with E-state index in [9.17, 15) is 34.9 Å². The van der Waals surface area contributed by atoms with Gasteiger partial charge in [0.15, 0.2) is 35.7 Å². The summed E-state index contributed by atoms with van der Waals surface area (Å²) in [4.78, 5) is -2.38. The molecular weight excluding hydrogens is 405 g/mol. The van der Waals surface area contributed by atoms with E-state index >= 15 is 0 Å². The Labute approximate surface area is 160 Å². The number of pyridine rings is 1. The van der Waals surface area contributed by atoms with Crippen molar-refractivity contribution in [3.63, 3.8) is 0 Å². The molecule has 0 fully saturated rings. The van der Waals surface area contributed by atoms with Gasteiger partial charge in [-0.05, 0) is 18.9 Å².